The first-order valence-electron chi connectivity index (χ1n) is 6.48. The minimum atomic E-state index is -0.402. The molecule has 1 atom stereocenters. The molecule has 0 heterocycles. The molecule has 2 rings (SSSR count). The van der Waals surface area contributed by atoms with Crippen LogP contribution in [0.15, 0.2) is 36.4 Å². The maximum absolute atomic E-state index is 13.5. The van der Waals surface area contributed by atoms with Crippen molar-refractivity contribution in [3.8, 4) is 0 Å². The molecule has 2 nitrogen and oxygen atoms in total. The Hall–Kier alpha value is -1.42. The van der Waals surface area contributed by atoms with Crippen molar-refractivity contribution in [1.29, 1.82) is 0 Å². The van der Waals surface area contributed by atoms with E-state index in [0.29, 0.717) is 6.42 Å². The third-order valence-electron chi connectivity index (χ3n) is 3.27. The first kappa shape index (κ1) is 15.0. The molecule has 0 aliphatic heterocycles. The Morgan fingerprint density at radius 3 is 2.35 bits per heavy atom. The van der Waals surface area contributed by atoms with Gasteiger partial charge >= 0.3 is 0 Å². The van der Waals surface area contributed by atoms with Crippen LogP contribution in [-0.4, -0.2) is 0 Å². The highest BCUT2D eigenvalue weighted by Crippen LogP contribution is 2.23. The summed E-state index contributed by atoms with van der Waals surface area (Å²) in [5.74, 6) is 5.25. The lowest BCUT2D eigenvalue weighted by Gasteiger charge is -2.18. The molecule has 3 N–H and O–H groups in total. The zero-order chi connectivity index (χ0) is 14.7. The smallest absolute Gasteiger partial charge is 0.142 e. The minimum Gasteiger partial charge on any atom is -0.271 e. The molecule has 2 aromatic rings. The second kappa shape index (κ2) is 6.35. The molecule has 0 aliphatic rings. The third kappa shape index (κ3) is 3.57. The van der Waals surface area contributed by atoms with Gasteiger partial charge in [0.25, 0.3) is 0 Å². The van der Waals surface area contributed by atoms with Crippen molar-refractivity contribution in [2.45, 2.75) is 26.3 Å². The van der Waals surface area contributed by atoms with Gasteiger partial charge in [0.2, 0.25) is 0 Å². The van der Waals surface area contributed by atoms with Gasteiger partial charge in [0.15, 0.2) is 0 Å². The average Bonchev–Trinajstić information content (AvgIpc) is 2.38. The van der Waals surface area contributed by atoms with E-state index in [4.69, 9.17) is 17.4 Å². The van der Waals surface area contributed by atoms with E-state index in [0.717, 1.165) is 11.1 Å². The van der Waals surface area contributed by atoms with Crippen LogP contribution in [0.25, 0.3) is 0 Å². The number of hydrazine groups is 1. The number of nitrogens with two attached hydrogens (primary N) is 1. The van der Waals surface area contributed by atoms with Crippen molar-refractivity contribution in [3.63, 3.8) is 0 Å². The first-order valence-corrected chi connectivity index (χ1v) is 6.85. The number of hydrogen-bond donors (Lipinski definition) is 2. The molecule has 2 aromatic carbocycles. The summed E-state index contributed by atoms with van der Waals surface area (Å²) < 4.78 is 13.5. The van der Waals surface area contributed by atoms with Gasteiger partial charge in [0.1, 0.15) is 5.82 Å². The maximum Gasteiger partial charge on any atom is 0.142 e. The van der Waals surface area contributed by atoms with Gasteiger partial charge in [-0.3, -0.25) is 11.3 Å². The molecule has 0 aromatic heterocycles. The van der Waals surface area contributed by atoms with E-state index in [2.05, 4.69) is 23.6 Å². The van der Waals surface area contributed by atoms with Crippen LogP contribution < -0.4 is 11.3 Å². The summed E-state index contributed by atoms with van der Waals surface area (Å²) in [4.78, 5) is 0. The Labute approximate surface area is 123 Å². The van der Waals surface area contributed by atoms with Crippen molar-refractivity contribution >= 4 is 11.6 Å². The first-order chi connectivity index (χ1) is 9.49. The third-order valence-corrected chi connectivity index (χ3v) is 3.58. The summed E-state index contributed by atoms with van der Waals surface area (Å²) in [7, 11) is 0. The summed E-state index contributed by atoms with van der Waals surface area (Å²) in [6, 6.07) is 11.1. The highest BCUT2D eigenvalue weighted by Gasteiger charge is 2.12. The number of aryl methyl sites for hydroxylation is 2. The van der Waals surface area contributed by atoms with E-state index in [9.17, 15) is 4.39 Å². The average molecular weight is 293 g/mol. The van der Waals surface area contributed by atoms with Crippen molar-refractivity contribution in [2.24, 2.45) is 5.84 Å². The van der Waals surface area contributed by atoms with E-state index < -0.39 is 5.82 Å². The van der Waals surface area contributed by atoms with Gasteiger partial charge in [-0.1, -0.05) is 47.0 Å². The van der Waals surface area contributed by atoms with Crippen molar-refractivity contribution in [3.05, 3.63) is 69.5 Å². The van der Waals surface area contributed by atoms with Crippen LogP contribution in [0.2, 0.25) is 5.02 Å². The van der Waals surface area contributed by atoms with Crippen LogP contribution in [0.4, 0.5) is 4.39 Å². The molecule has 0 bridgehead atoms. The highest BCUT2D eigenvalue weighted by molar-refractivity contribution is 6.30. The largest absolute Gasteiger partial charge is 0.271 e. The van der Waals surface area contributed by atoms with E-state index in [1.807, 2.05) is 19.9 Å². The van der Waals surface area contributed by atoms with Gasteiger partial charge in [-0.25, -0.2) is 4.39 Å². The number of halogens is 2. The molecule has 0 amide bonds. The Morgan fingerprint density at radius 1 is 1.15 bits per heavy atom. The zero-order valence-corrected chi connectivity index (χ0v) is 12.3. The Kier molecular flexibility index (Phi) is 4.76. The predicted molar refractivity (Wildman–Crippen MR) is 81.1 cm³/mol. The van der Waals surface area contributed by atoms with Crippen molar-refractivity contribution in [2.75, 3.05) is 0 Å². The lowest BCUT2D eigenvalue weighted by molar-refractivity contribution is 0.548. The number of rotatable bonds is 4. The Balaban J connectivity index is 2.26. The fourth-order valence-electron chi connectivity index (χ4n) is 2.39. The maximum atomic E-state index is 13.5. The monoisotopic (exact) mass is 292 g/mol. The molecule has 0 saturated heterocycles. The van der Waals surface area contributed by atoms with Crippen LogP contribution >= 0.6 is 11.6 Å². The van der Waals surface area contributed by atoms with Crippen molar-refractivity contribution < 1.29 is 4.39 Å². The van der Waals surface area contributed by atoms with E-state index in [1.54, 1.807) is 6.07 Å². The quantitative estimate of drug-likeness (QED) is 0.664. The fraction of sp³-hybridized carbons (Fsp3) is 0.250. The van der Waals surface area contributed by atoms with Crippen molar-refractivity contribution in [1.82, 2.24) is 5.43 Å². The molecule has 1 unspecified atom stereocenters. The van der Waals surface area contributed by atoms with E-state index >= 15 is 0 Å². The summed E-state index contributed by atoms with van der Waals surface area (Å²) in [5.41, 5.74) is 7.12. The molecular weight excluding hydrogens is 275 g/mol. The predicted octanol–water partition coefficient (Wildman–Crippen LogP) is 3.84. The molecule has 20 heavy (non-hydrogen) atoms. The van der Waals surface area contributed by atoms with E-state index in [1.165, 1.54) is 17.2 Å². The fourth-order valence-corrected chi connectivity index (χ4v) is 2.50. The number of benzene rings is 2. The van der Waals surface area contributed by atoms with Gasteiger partial charge in [-0.2, -0.15) is 0 Å². The Bertz CT molecular complexity index is 593. The number of hydrogen-bond acceptors (Lipinski definition) is 2. The lowest BCUT2D eigenvalue weighted by atomic mass is 9.96. The van der Waals surface area contributed by atoms with Gasteiger partial charge < -0.3 is 0 Å². The molecule has 106 valence electrons. The van der Waals surface area contributed by atoms with Gasteiger partial charge in [0.05, 0.1) is 5.02 Å². The Morgan fingerprint density at radius 2 is 1.80 bits per heavy atom. The molecule has 0 radical (unpaired) electrons. The summed E-state index contributed by atoms with van der Waals surface area (Å²) in [6.45, 7) is 4.10. The molecule has 0 spiro atoms. The van der Waals surface area contributed by atoms with Crippen LogP contribution in [0.3, 0.4) is 0 Å². The molecule has 0 saturated carbocycles. The second-order valence-corrected chi connectivity index (χ2v) is 5.50. The lowest BCUT2D eigenvalue weighted by Crippen LogP contribution is -2.29. The highest BCUT2D eigenvalue weighted by atomic mass is 35.5. The zero-order valence-electron chi connectivity index (χ0n) is 11.6. The summed E-state index contributed by atoms with van der Waals surface area (Å²) in [5, 5.41) is 0.136. The normalized spacial score (nSPS) is 12.4. The summed E-state index contributed by atoms with van der Waals surface area (Å²) in [6.07, 6.45) is 0.605. The topological polar surface area (TPSA) is 38.0 Å². The van der Waals surface area contributed by atoms with Gasteiger partial charge in [-0.05, 0) is 43.5 Å². The molecular formula is C16H18ClFN2. The van der Waals surface area contributed by atoms with Crippen LogP contribution in [0.5, 0.6) is 0 Å². The minimum absolute atomic E-state index is 0.0609. The SMILES string of the molecule is Cc1cc(C)cc(C(Cc2ccc(Cl)c(F)c2)NN)c1. The van der Waals surface area contributed by atoms with Crippen LogP contribution in [0, 0.1) is 19.7 Å². The number of nitrogens with one attached hydrogen (secondary N) is 1. The second-order valence-electron chi connectivity index (χ2n) is 5.09. The molecule has 0 fully saturated rings. The standard InChI is InChI=1S/C16H18ClFN2/c1-10-5-11(2)7-13(6-10)16(20-19)9-12-3-4-14(17)15(18)8-12/h3-8,16,20H,9,19H2,1-2H3. The van der Waals surface area contributed by atoms with E-state index in [-0.39, 0.29) is 11.1 Å². The van der Waals surface area contributed by atoms with Gasteiger partial charge in [0, 0.05) is 6.04 Å². The molecule has 4 heteroatoms. The molecule has 0 aliphatic carbocycles. The van der Waals surface area contributed by atoms with Crippen LogP contribution in [-0.2, 0) is 6.42 Å². The summed E-state index contributed by atoms with van der Waals surface area (Å²) >= 11 is 5.69. The van der Waals surface area contributed by atoms with Crippen LogP contribution in [0.1, 0.15) is 28.3 Å². The van der Waals surface area contributed by atoms with Gasteiger partial charge in [-0.15, -0.1) is 0 Å².